The average Bonchev–Trinajstić information content (AvgIpc) is 1.58. The van der Waals surface area contributed by atoms with Crippen LogP contribution in [0.4, 0.5) is 11.4 Å². The summed E-state index contributed by atoms with van der Waals surface area (Å²) < 4.78 is 2.22. The third-order valence-electron chi connectivity index (χ3n) is 23.0. The largest absolute Gasteiger partial charge is 2.00 e. The van der Waals surface area contributed by atoms with E-state index in [2.05, 4.69) is 253 Å². The van der Waals surface area contributed by atoms with Crippen molar-refractivity contribution in [2.45, 2.75) is 192 Å². The maximum atomic E-state index is 14.7. The first-order chi connectivity index (χ1) is 51.8. The maximum absolute atomic E-state index is 14.7. The van der Waals surface area contributed by atoms with Crippen LogP contribution in [0.25, 0.3) is 90.9 Å². The average molecular weight is 1490 g/mol. The topological polar surface area (TPSA) is 138 Å². The summed E-state index contributed by atoms with van der Waals surface area (Å²) in [5.41, 5.74) is 31.9. The Balaban J connectivity index is 0.0000105. The number of rotatable bonds is 21. The van der Waals surface area contributed by atoms with Gasteiger partial charge in [0.2, 0.25) is 5.69 Å². The number of hydrogen-bond donors (Lipinski definition) is 1. The summed E-state index contributed by atoms with van der Waals surface area (Å²) in [5, 5.41) is 24.8. The Morgan fingerprint density at radius 1 is 0.505 bits per heavy atom. The number of carboxylic acids is 1. The van der Waals surface area contributed by atoms with Crippen molar-refractivity contribution in [2.24, 2.45) is 0 Å². The molecule has 7 heterocycles. The first-order valence-electron chi connectivity index (χ1n) is 39.1. The molecule has 6 aromatic carbocycles. The zero-order valence-electron chi connectivity index (χ0n) is 66.5. The van der Waals surface area contributed by atoms with Crippen molar-refractivity contribution in [3.8, 4) is 56.3 Å². The van der Waals surface area contributed by atoms with Gasteiger partial charge in [-0.25, -0.2) is 14.8 Å². The van der Waals surface area contributed by atoms with Crippen LogP contribution in [0.15, 0.2) is 156 Å². The first-order valence-corrected chi connectivity index (χ1v) is 39.1. The van der Waals surface area contributed by atoms with Crippen LogP contribution in [-0.4, -0.2) is 50.2 Å². The van der Waals surface area contributed by atoms with E-state index in [0.717, 1.165) is 213 Å². The second-order valence-corrected chi connectivity index (χ2v) is 31.9. The van der Waals surface area contributed by atoms with E-state index >= 15 is 0 Å². The maximum Gasteiger partial charge on any atom is 2.00 e. The zero-order chi connectivity index (χ0) is 76.2. The summed E-state index contributed by atoms with van der Waals surface area (Å²) in [4.78, 5) is 52.0. The van der Waals surface area contributed by atoms with Gasteiger partial charge >= 0.3 is 25.4 Å². The Hall–Kier alpha value is -10.3. The van der Waals surface area contributed by atoms with Gasteiger partial charge in [-0.3, -0.25) is 4.79 Å². The smallest absolute Gasteiger partial charge is 0.871 e. The second kappa shape index (κ2) is 31.4. The predicted molar refractivity (Wildman–Crippen MR) is 445 cm³/mol. The van der Waals surface area contributed by atoms with Crippen LogP contribution >= 0.6 is 0 Å². The van der Waals surface area contributed by atoms with Gasteiger partial charge in [0.05, 0.1) is 33.8 Å². The van der Waals surface area contributed by atoms with Gasteiger partial charge in [-0.05, 0) is 245 Å². The summed E-state index contributed by atoms with van der Waals surface area (Å²) in [6.45, 7) is 34.0. The molecule has 9 aromatic rings. The third-order valence-corrected chi connectivity index (χ3v) is 23.0. The molecule has 10 nitrogen and oxygen atoms in total. The molecule has 11 heteroatoms. The number of aryl methyl sites for hydroxylation is 9. The molecule has 0 saturated carbocycles. The number of hydrogen-bond acceptors (Lipinski definition) is 6. The van der Waals surface area contributed by atoms with E-state index < -0.39 is 16.8 Å². The summed E-state index contributed by atoms with van der Waals surface area (Å²) in [6, 6.07) is 42.3. The van der Waals surface area contributed by atoms with Gasteiger partial charge in [0.15, 0.2) is 11.5 Å². The number of nitrogens with zero attached hydrogens (tertiary/aromatic N) is 6. The molecule has 109 heavy (non-hydrogen) atoms. The van der Waals surface area contributed by atoms with E-state index in [0.29, 0.717) is 6.54 Å². The summed E-state index contributed by atoms with van der Waals surface area (Å²) in [6.07, 6.45) is 25.7. The van der Waals surface area contributed by atoms with Gasteiger partial charge in [0, 0.05) is 69.7 Å². The molecular weight excluding hydrogens is 1390 g/mol. The number of carbonyl (C=O) groups is 2. The number of aromatic nitrogens is 4. The molecule has 0 unspecified atom stereocenters. The molecule has 0 saturated heterocycles. The number of ketones is 1. The SMILES string of the molecule is CCCCCCCCN1/C(=C/C2=C([O-])C(=C/C3=[N+](CCCCCCCC)c4ccc(C(=O)O)cc4C3(C)C)/C2=O)C(C)(C)c2cc(C#Cc3ccc(-c4c5nc(c(-c6c(C)cc(C)cc6C)c6ccc([n-]6)c(-c6c(C)cc(C)cc6C)c6nc(c(-c7c(C)cc(C)cc7C)c7ccc4[n-]7)C=C6)C=C5)cc3)ccc21.[Zn+2]. The summed E-state index contributed by atoms with van der Waals surface area (Å²) >= 11 is 0. The quantitative estimate of drug-likeness (QED) is 0.0245. The number of unbranched alkanes of at least 4 members (excludes halogenated alkanes) is 10. The van der Waals surface area contributed by atoms with Crippen molar-refractivity contribution in [1.29, 1.82) is 0 Å². The number of Topliss-reactive ketones (excluding diaryl/α,β-unsaturated/α-hetero) is 1. The molecule has 0 fully saturated rings. The van der Waals surface area contributed by atoms with Crippen LogP contribution < -0.4 is 20.0 Å². The fraction of sp³-hybridized carbons (Fsp3) is 0.316. The second-order valence-electron chi connectivity index (χ2n) is 31.9. The van der Waals surface area contributed by atoms with Gasteiger partial charge < -0.3 is 25.1 Å². The summed E-state index contributed by atoms with van der Waals surface area (Å²) in [5.74, 6) is 5.57. The normalized spacial score (nSPS) is 15.3. The first kappa shape index (κ1) is 76.9. The van der Waals surface area contributed by atoms with Gasteiger partial charge in [0.1, 0.15) is 6.54 Å². The molecule has 0 atom stereocenters. The summed E-state index contributed by atoms with van der Waals surface area (Å²) in [7, 11) is 0. The molecule has 14 rings (SSSR count). The molecule has 1 N–H and O–H groups in total. The minimum atomic E-state index is -0.989. The van der Waals surface area contributed by atoms with Crippen molar-refractivity contribution in [3.05, 3.63) is 257 Å². The minimum Gasteiger partial charge on any atom is -0.871 e. The molecule has 4 aliphatic heterocycles. The predicted octanol–water partition coefficient (Wildman–Crippen LogP) is 22.4. The van der Waals surface area contributed by atoms with E-state index in [9.17, 15) is 19.8 Å². The molecule has 0 radical (unpaired) electrons. The van der Waals surface area contributed by atoms with E-state index in [-0.39, 0.29) is 47.7 Å². The van der Waals surface area contributed by atoms with Crippen molar-refractivity contribution in [1.82, 2.24) is 19.9 Å². The number of fused-ring (bicyclic) bond motifs is 10. The Morgan fingerprint density at radius 3 is 1.42 bits per heavy atom. The minimum absolute atomic E-state index is 0. The van der Waals surface area contributed by atoms with Crippen LogP contribution in [0.1, 0.15) is 224 Å². The van der Waals surface area contributed by atoms with Crippen molar-refractivity contribution in [2.75, 3.05) is 18.0 Å². The van der Waals surface area contributed by atoms with Gasteiger partial charge in [-0.15, -0.1) is 22.1 Å². The van der Waals surface area contributed by atoms with Crippen LogP contribution in [0, 0.1) is 74.2 Å². The van der Waals surface area contributed by atoms with Crippen molar-refractivity contribution < 1.29 is 43.9 Å². The van der Waals surface area contributed by atoms with E-state index in [1.165, 1.54) is 55.2 Å². The third kappa shape index (κ3) is 14.7. The van der Waals surface area contributed by atoms with Crippen LogP contribution in [-0.2, 0) is 35.1 Å². The Kier molecular flexibility index (Phi) is 22.1. The number of carbonyl (C=O) groups excluding carboxylic acids is 1. The van der Waals surface area contributed by atoms with Crippen molar-refractivity contribution in [3.63, 3.8) is 0 Å². The molecule has 8 bridgehead atoms. The molecule has 1 aliphatic carbocycles. The molecule has 548 valence electrons. The Bertz CT molecular complexity index is 5540. The number of benzene rings is 6. The number of anilines is 1. The fourth-order valence-corrected chi connectivity index (χ4v) is 17.8. The Morgan fingerprint density at radius 2 is 0.945 bits per heavy atom. The van der Waals surface area contributed by atoms with E-state index in [1.807, 2.05) is 12.1 Å². The van der Waals surface area contributed by atoms with Gasteiger partial charge in [-0.2, -0.15) is 4.58 Å². The van der Waals surface area contributed by atoms with Gasteiger partial charge in [-0.1, -0.05) is 193 Å². The monoisotopic (exact) mass is 1490 g/mol. The molecule has 0 spiro atoms. The number of allylic oxidation sites excluding steroid dienone is 5. The van der Waals surface area contributed by atoms with Crippen LogP contribution in [0.3, 0.4) is 0 Å². The standard InChI is InChI=1S/C98H102N6O4.Zn/c1-16-18-20-22-24-26-46-103-83-44-32-68(54-73(83)97(12,13)85(103)56-71-94(105)72(95(71)106)57-86-98(14,15)74-55-70(96(107)108)35-45-84(74)104(86)47-27-25-23-21-19-17-2)29-28-67-30-33-69(34-31-67)90-75-36-38-77(99-75)91(87-61(6)48-58(3)49-62(87)7)79-40-42-81(101-79)93(89-65(10)52-60(5)53-66(89)11)82-43-41-80(102-82)92(78-39-37-76(90)100-78)88-63(8)50-59(4)51-64(88)9;/h30-45,48-57H,16-27,46-47H2,1-15H3,(H3,105,106,107,108);/q;+2/p-2/b85-56+,90-75?,90-76?,91-77?,91-79?,92-78?,92-80?,93-81?,93-82?;. The molecule has 5 aliphatic rings. The fourth-order valence-electron chi connectivity index (χ4n) is 17.8. The molecule has 3 aromatic heterocycles. The number of carboxylic acid groups (broad SMARTS) is 1. The molecular formula is C98H100N6O4Zn. The Labute approximate surface area is 657 Å². The van der Waals surface area contributed by atoms with E-state index in [4.69, 9.17) is 19.9 Å². The van der Waals surface area contributed by atoms with Crippen molar-refractivity contribution >= 4 is 75.2 Å². The number of aromatic carboxylic acids is 1. The van der Waals surface area contributed by atoms with Gasteiger partial charge in [0.25, 0.3) is 0 Å². The van der Waals surface area contributed by atoms with Crippen LogP contribution in [0.2, 0.25) is 0 Å². The van der Waals surface area contributed by atoms with E-state index in [1.54, 1.807) is 18.2 Å². The zero-order valence-corrected chi connectivity index (χ0v) is 69.4. The van der Waals surface area contributed by atoms with Crippen LogP contribution in [0.5, 0.6) is 0 Å². The molecule has 0 amide bonds.